The number of benzene rings is 2. The normalized spacial score (nSPS) is 11.7. The van der Waals surface area contributed by atoms with E-state index in [9.17, 15) is 18.0 Å². The number of aromatic nitrogens is 3. The minimum absolute atomic E-state index is 0.135. The first-order valence-electron chi connectivity index (χ1n) is 8.59. The predicted molar refractivity (Wildman–Crippen MR) is 97.4 cm³/mol. The zero-order valence-electron chi connectivity index (χ0n) is 14.9. The number of halogens is 3. The van der Waals surface area contributed by atoms with Gasteiger partial charge in [0.15, 0.2) is 0 Å². The second-order valence-corrected chi connectivity index (χ2v) is 6.34. The monoisotopic (exact) mass is 401 g/mol. The van der Waals surface area contributed by atoms with Crippen LogP contribution in [0.4, 0.5) is 13.2 Å². The molecule has 4 aromatic rings. The van der Waals surface area contributed by atoms with Gasteiger partial charge in [0.1, 0.15) is 23.6 Å². The van der Waals surface area contributed by atoms with Crippen LogP contribution in [0.1, 0.15) is 16.8 Å². The Labute approximate surface area is 162 Å². The van der Waals surface area contributed by atoms with Gasteiger partial charge in [0.05, 0.1) is 18.3 Å². The zero-order valence-corrected chi connectivity index (χ0v) is 14.9. The molecule has 0 saturated carbocycles. The molecule has 0 spiro atoms. The Hall–Kier alpha value is -3.62. The summed E-state index contributed by atoms with van der Waals surface area (Å²) in [5, 5.41) is 8.73. The highest BCUT2D eigenvalue weighted by molar-refractivity contribution is 5.77. The summed E-state index contributed by atoms with van der Waals surface area (Å²) in [6.45, 7) is 0.419. The maximum absolute atomic E-state index is 12.6. The standard InChI is InChI=1S/C20H14F3N3O3/c21-20(22,23)15-5-1-13(2-6-15)10-26-11-16(24-25-26)12-28-17-7-3-14-4-8-19(27)29-18(14)9-17/h1-9,11H,10,12H2. The summed E-state index contributed by atoms with van der Waals surface area (Å²) < 4.78 is 50.1. The van der Waals surface area contributed by atoms with E-state index >= 15 is 0 Å². The van der Waals surface area contributed by atoms with Gasteiger partial charge in [-0.25, -0.2) is 9.48 Å². The summed E-state index contributed by atoms with van der Waals surface area (Å²) in [6.07, 6.45) is -2.71. The molecule has 0 aliphatic carbocycles. The third-order valence-electron chi connectivity index (χ3n) is 4.19. The summed E-state index contributed by atoms with van der Waals surface area (Å²) in [7, 11) is 0. The molecule has 29 heavy (non-hydrogen) atoms. The number of nitrogens with zero attached hydrogens (tertiary/aromatic N) is 3. The lowest BCUT2D eigenvalue weighted by atomic mass is 10.1. The van der Waals surface area contributed by atoms with E-state index in [4.69, 9.17) is 9.15 Å². The van der Waals surface area contributed by atoms with Crippen LogP contribution in [0.3, 0.4) is 0 Å². The van der Waals surface area contributed by atoms with E-state index < -0.39 is 17.4 Å². The van der Waals surface area contributed by atoms with Crippen molar-refractivity contribution in [3.05, 3.63) is 88.0 Å². The lowest BCUT2D eigenvalue weighted by Crippen LogP contribution is -2.05. The molecule has 0 radical (unpaired) electrons. The third-order valence-corrected chi connectivity index (χ3v) is 4.19. The van der Waals surface area contributed by atoms with Crippen LogP contribution in [0, 0.1) is 0 Å². The van der Waals surface area contributed by atoms with Gasteiger partial charge in [-0.2, -0.15) is 13.2 Å². The van der Waals surface area contributed by atoms with Crippen LogP contribution in [0.2, 0.25) is 0 Å². The van der Waals surface area contributed by atoms with Crippen LogP contribution in [0.15, 0.2) is 70.0 Å². The van der Waals surface area contributed by atoms with Crippen LogP contribution >= 0.6 is 0 Å². The van der Waals surface area contributed by atoms with Gasteiger partial charge in [-0.05, 0) is 35.9 Å². The number of hydrogen-bond donors (Lipinski definition) is 0. The van der Waals surface area contributed by atoms with Crippen molar-refractivity contribution in [3.63, 3.8) is 0 Å². The van der Waals surface area contributed by atoms with Gasteiger partial charge in [-0.3, -0.25) is 0 Å². The van der Waals surface area contributed by atoms with E-state index in [2.05, 4.69) is 10.3 Å². The Morgan fingerprint density at radius 1 is 1.03 bits per heavy atom. The molecule has 0 atom stereocenters. The number of fused-ring (bicyclic) bond motifs is 1. The third kappa shape index (κ3) is 4.45. The Kier molecular flexibility index (Phi) is 4.79. The van der Waals surface area contributed by atoms with E-state index in [0.717, 1.165) is 17.5 Å². The van der Waals surface area contributed by atoms with E-state index in [1.807, 2.05) is 0 Å². The van der Waals surface area contributed by atoms with E-state index in [1.165, 1.54) is 22.9 Å². The van der Waals surface area contributed by atoms with Crippen LogP contribution < -0.4 is 10.4 Å². The van der Waals surface area contributed by atoms with Crippen molar-refractivity contribution in [2.45, 2.75) is 19.3 Å². The van der Waals surface area contributed by atoms with E-state index in [-0.39, 0.29) is 13.2 Å². The summed E-state index contributed by atoms with van der Waals surface area (Å²) in [5.41, 5.74) is 0.494. The molecule has 2 aromatic heterocycles. The highest BCUT2D eigenvalue weighted by Gasteiger charge is 2.29. The smallest absolute Gasteiger partial charge is 0.416 e. The molecule has 6 nitrogen and oxygen atoms in total. The molecule has 4 rings (SSSR count). The molecule has 2 aromatic carbocycles. The Balaban J connectivity index is 1.40. The molecule has 0 fully saturated rings. The maximum atomic E-state index is 12.6. The van der Waals surface area contributed by atoms with Crippen LogP contribution in [0.25, 0.3) is 11.0 Å². The first kappa shape index (κ1) is 18.7. The number of ether oxygens (including phenoxy) is 1. The Bertz CT molecular complexity index is 1200. The van der Waals surface area contributed by atoms with E-state index in [1.54, 1.807) is 30.5 Å². The zero-order chi connectivity index (χ0) is 20.4. The molecule has 0 aliphatic heterocycles. The molecular weight excluding hydrogens is 387 g/mol. The van der Waals surface area contributed by atoms with Gasteiger partial charge in [0, 0.05) is 17.5 Å². The SMILES string of the molecule is O=c1ccc2ccc(OCc3cn(Cc4ccc(C(F)(F)F)cc4)nn3)cc2o1. The minimum atomic E-state index is -4.36. The second kappa shape index (κ2) is 7.42. The fourth-order valence-corrected chi connectivity index (χ4v) is 2.76. The van der Waals surface area contributed by atoms with Crippen LogP contribution in [-0.4, -0.2) is 15.0 Å². The topological polar surface area (TPSA) is 70.2 Å². The quantitative estimate of drug-likeness (QED) is 0.472. The summed E-state index contributed by atoms with van der Waals surface area (Å²) in [4.78, 5) is 11.3. The van der Waals surface area contributed by atoms with Crippen LogP contribution in [0.5, 0.6) is 5.75 Å². The van der Waals surface area contributed by atoms with Crippen LogP contribution in [-0.2, 0) is 19.3 Å². The van der Waals surface area contributed by atoms with Crippen molar-refractivity contribution in [1.29, 1.82) is 0 Å². The summed E-state index contributed by atoms with van der Waals surface area (Å²) >= 11 is 0. The molecule has 0 bridgehead atoms. The first-order valence-corrected chi connectivity index (χ1v) is 8.59. The van der Waals surface area contributed by atoms with Crippen molar-refractivity contribution < 1.29 is 22.3 Å². The lowest BCUT2D eigenvalue weighted by Gasteiger charge is -2.07. The molecule has 2 heterocycles. The lowest BCUT2D eigenvalue weighted by molar-refractivity contribution is -0.137. The predicted octanol–water partition coefficient (Wildman–Crippen LogP) is 4.03. The molecule has 9 heteroatoms. The Morgan fingerprint density at radius 3 is 2.55 bits per heavy atom. The highest BCUT2D eigenvalue weighted by Crippen LogP contribution is 2.29. The minimum Gasteiger partial charge on any atom is -0.487 e. The van der Waals surface area contributed by atoms with Crippen molar-refractivity contribution >= 4 is 11.0 Å². The average Bonchev–Trinajstić information content (AvgIpc) is 3.13. The molecule has 0 amide bonds. The van der Waals surface area contributed by atoms with Gasteiger partial charge in [0.2, 0.25) is 0 Å². The number of hydrogen-bond acceptors (Lipinski definition) is 5. The first-order chi connectivity index (χ1) is 13.9. The van der Waals surface area contributed by atoms with Crippen molar-refractivity contribution in [3.8, 4) is 5.75 Å². The Morgan fingerprint density at radius 2 is 1.79 bits per heavy atom. The molecule has 0 saturated heterocycles. The van der Waals surface area contributed by atoms with Crippen molar-refractivity contribution in [2.24, 2.45) is 0 Å². The second-order valence-electron chi connectivity index (χ2n) is 6.34. The summed E-state index contributed by atoms with van der Waals surface area (Å²) in [6, 6.07) is 13.0. The molecule has 148 valence electrons. The average molecular weight is 401 g/mol. The molecule has 0 unspecified atom stereocenters. The fourth-order valence-electron chi connectivity index (χ4n) is 2.76. The van der Waals surface area contributed by atoms with Crippen molar-refractivity contribution in [1.82, 2.24) is 15.0 Å². The molecule has 0 aliphatic rings. The van der Waals surface area contributed by atoms with Gasteiger partial charge >= 0.3 is 11.8 Å². The molecular formula is C20H14F3N3O3. The number of alkyl halides is 3. The fraction of sp³-hybridized carbons (Fsp3) is 0.150. The van der Waals surface area contributed by atoms with Gasteiger partial charge in [0.25, 0.3) is 0 Å². The largest absolute Gasteiger partial charge is 0.487 e. The highest BCUT2D eigenvalue weighted by atomic mass is 19.4. The van der Waals surface area contributed by atoms with Gasteiger partial charge in [-0.15, -0.1) is 5.10 Å². The van der Waals surface area contributed by atoms with Crippen molar-refractivity contribution in [2.75, 3.05) is 0 Å². The van der Waals surface area contributed by atoms with E-state index in [0.29, 0.717) is 22.6 Å². The maximum Gasteiger partial charge on any atom is 0.416 e. The molecule has 0 N–H and O–H groups in total. The van der Waals surface area contributed by atoms with Gasteiger partial charge < -0.3 is 9.15 Å². The summed E-state index contributed by atoms with van der Waals surface area (Å²) in [5.74, 6) is 0.504. The van der Waals surface area contributed by atoms with Gasteiger partial charge in [-0.1, -0.05) is 17.3 Å². The number of rotatable bonds is 5.